The molecule has 0 unspecified atom stereocenters. The first kappa shape index (κ1) is 16.9. The van der Waals surface area contributed by atoms with E-state index in [1.165, 1.54) is 5.56 Å². The van der Waals surface area contributed by atoms with Gasteiger partial charge in [0.15, 0.2) is 0 Å². The summed E-state index contributed by atoms with van der Waals surface area (Å²) in [4.78, 5) is 25.8. The van der Waals surface area contributed by atoms with Gasteiger partial charge in [0.05, 0.1) is 5.92 Å². The third kappa shape index (κ3) is 6.25. The molecule has 21 heavy (non-hydrogen) atoms. The number of carbonyl (C=O) groups is 1. The third-order valence-corrected chi connectivity index (χ3v) is 3.00. The Labute approximate surface area is 124 Å². The summed E-state index contributed by atoms with van der Waals surface area (Å²) < 4.78 is 4.94. The minimum absolute atomic E-state index is 0.129. The van der Waals surface area contributed by atoms with E-state index in [2.05, 4.69) is 18.7 Å². The number of esters is 1. The van der Waals surface area contributed by atoms with Gasteiger partial charge in [0.1, 0.15) is 13.2 Å². The monoisotopic (exact) mass is 295 g/mol. The third-order valence-electron chi connectivity index (χ3n) is 3.00. The van der Waals surface area contributed by atoms with Crippen LogP contribution in [0.1, 0.15) is 37.8 Å². The van der Waals surface area contributed by atoms with Crippen LogP contribution in [0.2, 0.25) is 0 Å². The maximum atomic E-state index is 11.8. The van der Waals surface area contributed by atoms with Gasteiger partial charge in [0.2, 0.25) is 0 Å². The Kier molecular flexibility index (Phi) is 6.65. The number of benzene rings is 1. The van der Waals surface area contributed by atoms with Gasteiger partial charge < -0.3 is 9.57 Å². The van der Waals surface area contributed by atoms with Crippen molar-refractivity contribution in [1.29, 1.82) is 0 Å². The van der Waals surface area contributed by atoms with Gasteiger partial charge in [-0.15, -0.1) is 10.1 Å². The van der Waals surface area contributed by atoms with Crippen molar-refractivity contribution in [3.63, 3.8) is 0 Å². The van der Waals surface area contributed by atoms with Gasteiger partial charge in [0.25, 0.3) is 5.09 Å². The second-order valence-electron chi connectivity index (χ2n) is 5.29. The molecule has 0 spiro atoms. The van der Waals surface area contributed by atoms with E-state index < -0.39 is 17.0 Å². The van der Waals surface area contributed by atoms with E-state index in [4.69, 9.17) is 4.74 Å². The van der Waals surface area contributed by atoms with Crippen LogP contribution < -0.4 is 0 Å². The lowest BCUT2D eigenvalue weighted by Crippen LogP contribution is -2.17. The molecule has 0 bridgehead atoms. The molecule has 1 aromatic carbocycles. The highest BCUT2D eigenvalue weighted by Gasteiger charge is 2.16. The molecule has 0 aliphatic rings. The van der Waals surface area contributed by atoms with Gasteiger partial charge >= 0.3 is 5.97 Å². The number of nitrogens with zero attached hydrogens (tertiary/aromatic N) is 1. The molecule has 0 fully saturated rings. The highest BCUT2D eigenvalue weighted by Crippen LogP contribution is 2.18. The van der Waals surface area contributed by atoms with Gasteiger partial charge in [-0.2, -0.15) is 0 Å². The van der Waals surface area contributed by atoms with Crippen LogP contribution in [0.15, 0.2) is 24.3 Å². The van der Waals surface area contributed by atoms with Gasteiger partial charge in [0, 0.05) is 0 Å². The van der Waals surface area contributed by atoms with Crippen molar-refractivity contribution in [2.75, 3.05) is 13.2 Å². The molecule has 0 N–H and O–H groups in total. The summed E-state index contributed by atoms with van der Waals surface area (Å²) in [5.41, 5.74) is 2.09. The van der Waals surface area contributed by atoms with Crippen LogP contribution in [-0.4, -0.2) is 24.3 Å². The van der Waals surface area contributed by atoms with E-state index in [0.717, 1.165) is 12.0 Å². The molecule has 0 saturated carbocycles. The van der Waals surface area contributed by atoms with E-state index >= 15 is 0 Å². The fourth-order valence-electron chi connectivity index (χ4n) is 1.93. The molecule has 0 aromatic heterocycles. The first-order chi connectivity index (χ1) is 9.90. The molecule has 1 rings (SSSR count). The number of rotatable bonds is 8. The maximum absolute atomic E-state index is 11.8. The number of carbonyl (C=O) groups excluding carboxylic acids is 1. The summed E-state index contributed by atoms with van der Waals surface area (Å²) in [6, 6.07) is 7.85. The minimum atomic E-state index is -0.912. The zero-order valence-electron chi connectivity index (χ0n) is 12.6. The molecule has 0 aliphatic carbocycles. The second-order valence-corrected chi connectivity index (χ2v) is 5.29. The van der Waals surface area contributed by atoms with E-state index in [1.54, 1.807) is 6.92 Å². The molecule has 0 aliphatic heterocycles. The first-order valence-corrected chi connectivity index (χ1v) is 6.93. The minimum Gasteiger partial charge on any atom is -0.463 e. The zero-order valence-corrected chi connectivity index (χ0v) is 12.6. The van der Waals surface area contributed by atoms with E-state index in [0.29, 0.717) is 5.92 Å². The SMILES string of the molecule is CC(C)Cc1ccc([C@@H](C)C(=O)OCCO[N+](=O)[O-])cc1. The molecular formula is C15H21NO5. The standard InChI is InChI=1S/C15H21NO5/c1-11(2)10-13-4-6-14(7-5-13)12(3)15(17)20-8-9-21-16(18)19/h4-7,11-12H,8-10H2,1-3H3/t12-/m1/s1. The Balaban J connectivity index is 2.48. The smallest absolute Gasteiger partial charge is 0.313 e. The second kappa shape index (κ2) is 8.24. The summed E-state index contributed by atoms with van der Waals surface area (Å²) in [6.07, 6.45) is 0.997. The quantitative estimate of drug-likeness (QED) is 0.319. The van der Waals surface area contributed by atoms with Crippen LogP contribution in [-0.2, 0) is 20.8 Å². The van der Waals surface area contributed by atoms with Gasteiger partial charge in [-0.3, -0.25) is 4.79 Å². The lowest BCUT2D eigenvalue weighted by Gasteiger charge is -2.12. The molecule has 6 heteroatoms. The maximum Gasteiger partial charge on any atom is 0.313 e. The van der Waals surface area contributed by atoms with Gasteiger partial charge in [-0.1, -0.05) is 38.1 Å². The Bertz CT molecular complexity index is 469. The first-order valence-electron chi connectivity index (χ1n) is 6.93. The van der Waals surface area contributed by atoms with E-state index in [1.807, 2.05) is 24.3 Å². The molecule has 1 atom stereocenters. The topological polar surface area (TPSA) is 78.7 Å². The molecule has 6 nitrogen and oxygen atoms in total. The highest BCUT2D eigenvalue weighted by atomic mass is 17.0. The number of hydrogen-bond acceptors (Lipinski definition) is 5. The molecule has 1 aromatic rings. The summed E-state index contributed by atoms with van der Waals surface area (Å²) in [7, 11) is 0. The summed E-state index contributed by atoms with van der Waals surface area (Å²) in [5.74, 6) is -0.243. The fraction of sp³-hybridized carbons (Fsp3) is 0.533. The van der Waals surface area contributed by atoms with Crippen molar-refractivity contribution in [3.05, 3.63) is 45.5 Å². The molecule has 0 saturated heterocycles. The number of hydrogen-bond donors (Lipinski definition) is 0. The largest absolute Gasteiger partial charge is 0.463 e. The van der Waals surface area contributed by atoms with Crippen LogP contribution in [0.3, 0.4) is 0 Å². The van der Waals surface area contributed by atoms with Crippen molar-refractivity contribution in [3.8, 4) is 0 Å². The Morgan fingerprint density at radius 2 is 1.81 bits per heavy atom. The van der Waals surface area contributed by atoms with Gasteiger partial charge in [-0.05, 0) is 30.4 Å². The number of ether oxygens (including phenoxy) is 1. The van der Waals surface area contributed by atoms with Crippen LogP contribution in [0, 0.1) is 16.0 Å². The average Bonchev–Trinajstić information content (AvgIpc) is 2.42. The zero-order chi connectivity index (χ0) is 15.8. The van der Waals surface area contributed by atoms with Crippen molar-refractivity contribution in [1.82, 2.24) is 0 Å². The molecule has 0 amide bonds. The van der Waals surface area contributed by atoms with E-state index in [-0.39, 0.29) is 13.2 Å². The molecule has 0 heterocycles. The van der Waals surface area contributed by atoms with Crippen molar-refractivity contribution in [2.24, 2.45) is 5.92 Å². The molecule has 116 valence electrons. The Morgan fingerprint density at radius 1 is 1.19 bits per heavy atom. The van der Waals surface area contributed by atoms with Crippen LogP contribution >= 0.6 is 0 Å². The summed E-state index contributed by atoms with van der Waals surface area (Å²) >= 11 is 0. The van der Waals surface area contributed by atoms with Gasteiger partial charge in [-0.25, -0.2) is 0 Å². The summed E-state index contributed by atoms with van der Waals surface area (Å²) in [5, 5.41) is 9.04. The molecular weight excluding hydrogens is 274 g/mol. The summed E-state index contributed by atoms with van der Waals surface area (Å²) in [6.45, 7) is 5.67. The van der Waals surface area contributed by atoms with E-state index in [9.17, 15) is 14.9 Å². The Hall–Kier alpha value is -2.11. The van der Waals surface area contributed by atoms with Crippen LogP contribution in [0.5, 0.6) is 0 Å². The van der Waals surface area contributed by atoms with Crippen molar-refractivity contribution in [2.45, 2.75) is 33.1 Å². The lowest BCUT2D eigenvalue weighted by atomic mass is 9.97. The van der Waals surface area contributed by atoms with Crippen molar-refractivity contribution >= 4 is 5.97 Å². The van der Waals surface area contributed by atoms with Crippen molar-refractivity contribution < 1.29 is 19.5 Å². The van der Waals surface area contributed by atoms with Crippen LogP contribution in [0.25, 0.3) is 0 Å². The fourth-order valence-corrected chi connectivity index (χ4v) is 1.93. The lowest BCUT2D eigenvalue weighted by molar-refractivity contribution is -0.757. The van der Waals surface area contributed by atoms with Crippen LogP contribution in [0.4, 0.5) is 0 Å². The predicted molar refractivity (Wildman–Crippen MR) is 77.3 cm³/mol. The Morgan fingerprint density at radius 3 is 2.33 bits per heavy atom. The highest BCUT2D eigenvalue weighted by molar-refractivity contribution is 5.77. The molecule has 0 radical (unpaired) electrons. The predicted octanol–water partition coefficient (Wildman–Crippen LogP) is 2.74. The normalized spacial score (nSPS) is 12.0. The average molecular weight is 295 g/mol.